The molecule has 0 fully saturated rings. The fraction of sp³-hybridized carbons (Fsp3) is 0.269. The van der Waals surface area contributed by atoms with Crippen LogP contribution < -0.4 is 0 Å². The van der Waals surface area contributed by atoms with Crippen molar-refractivity contribution < 1.29 is 10.2 Å². The molecule has 1 unspecified atom stereocenters. The van der Waals surface area contributed by atoms with Crippen molar-refractivity contribution in [1.29, 1.82) is 0 Å². The zero-order valence-electron chi connectivity index (χ0n) is 17.8. The summed E-state index contributed by atoms with van der Waals surface area (Å²) in [6, 6.07) is 24.9. The molecule has 0 saturated carbocycles. The lowest BCUT2D eigenvalue weighted by Gasteiger charge is -2.34. The molecule has 1 aromatic heterocycles. The molecule has 6 heteroatoms. The van der Waals surface area contributed by atoms with E-state index in [9.17, 15) is 5.11 Å². The topological polar surface area (TPSA) is 84.1 Å². The van der Waals surface area contributed by atoms with E-state index in [-0.39, 0.29) is 12.5 Å². The minimum Gasteiger partial charge on any atom is -0.508 e. The van der Waals surface area contributed by atoms with Crippen LogP contribution in [0.2, 0.25) is 0 Å². The van der Waals surface area contributed by atoms with Crippen LogP contribution in [0.5, 0.6) is 5.75 Å². The predicted octanol–water partition coefficient (Wildman–Crippen LogP) is 4.29. The van der Waals surface area contributed by atoms with Gasteiger partial charge >= 0.3 is 0 Å². The Hall–Kier alpha value is -3.51. The summed E-state index contributed by atoms with van der Waals surface area (Å²) in [6.45, 7) is 0.654. The summed E-state index contributed by atoms with van der Waals surface area (Å²) in [5, 5.41) is 31.7. The summed E-state index contributed by atoms with van der Waals surface area (Å²) >= 11 is 0. The average Bonchev–Trinajstić information content (AvgIpc) is 3.31. The molecule has 162 valence electrons. The first-order valence-electron chi connectivity index (χ1n) is 11.1. The fourth-order valence-corrected chi connectivity index (χ4v) is 4.78. The number of fused-ring (bicyclic) bond motifs is 1. The Morgan fingerprint density at radius 3 is 2.53 bits per heavy atom. The average molecular weight is 427 g/mol. The largest absolute Gasteiger partial charge is 0.508 e. The van der Waals surface area contributed by atoms with Crippen molar-refractivity contribution in [3.05, 3.63) is 95.1 Å². The SMILES string of the molecule is OCCCn1nnc(-c2ccc(C3c4ccc(O)cc4CC[C@@H]3c3ccccc3)cc2)n1. The normalized spacial score (nSPS) is 17.8. The molecule has 0 bridgehead atoms. The molecule has 32 heavy (non-hydrogen) atoms. The summed E-state index contributed by atoms with van der Waals surface area (Å²) < 4.78 is 0. The Bertz CT molecular complexity index is 1190. The van der Waals surface area contributed by atoms with Crippen molar-refractivity contribution >= 4 is 0 Å². The molecule has 1 aliphatic carbocycles. The monoisotopic (exact) mass is 426 g/mol. The molecule has 0 radical (unpaired) electrons. The van der Waals surface area contributed by atoms with Gasteiger partial charge in [-0.3, -0.25) is 0 Å². The van der Waals surface area contributed by atoms with E-state index < -0.39 is 0 Å². The number of phenolic OH excluding ortho intramolecular Hbond substituents is 1. The van der Waals surface area contributed by atoms with Gasteiger partial charge in [-0.15, -0.1) is 10.2 Å². The van der Waals surface area contributed by atoms with E-state index in [1.165, 1.54) is 27.1 Å². The fourth-order valence-electron chi connectivity index (χ4n) is 4.78. The van der Waals surface area contributed by atoms with Crippen LogP contribution in [0.1, 0.15) is 46.9 Å². The molecule has 1 heterocycles. The molecule has 4 aromatic rings. The molecule has 2 atom stereocenters. The molecule has 6 nitrogen and oxygen atoms in total. The molecule has 0 aliphatic heterocycles. The van der Waals surface area contributed by atoms with Crippen LogP contribution >= 0.6 is 0 Å². The van der Waals surface area contributed by atoms with E-state index in [0.717, 1.165) is 18.4 Å². The highest BCUT2D eigenvalue weighted by molar-refractivity contribution is 5.56. The highest BCUT2D eigenvalue weighted by Crippen LogP contribution is 2.47. The number of aliphatic hydroxyl groups excluding tert-OH is 1. The second kappa shape index (κ2) is 8.93. The lowest BCUT2D eigenvalue weighted by Crippen LogP contribution is -2.20. The number of hydrogen-bond acceptors (Lipinski definition) is 5. The Kier molecular flexibility index (Phi) is 5.69. The van der Waals surface area contributed by atoms with Crippen LogP contribution in [0.3, 0.4) is 0 Å². The Morgan fingerprint density at radius 1 is 0.938 bits per heavy atom. The third-order valence-corrected chi connectivity index (χ3v) is 6.31. The number of aromatic nitrogens is 4. The van der Waals surface area contributed by atoms with Gasteiger partial charge in [0.05, 0.1) is 6.54 Å². The van der Waals surface area contributed by atoms with Gasteiger partial charge in [-0.1, -0.05) is 60.7 Å². The van der Waals surface area contributed by atoms with Crippen LogP contribution in [-0.2, 0) is 13.0 Å². The molecule has 1 aliphatic rings. The van der Waals surface area contributed by atoms with E-state index in [1.807, 2.05) is 6.07 Å². The molecule has 3 aromatic carbocycles. The molecule has 0 saturated heterocycles. The Labute approximate surface area is 187 Å². The van der Waals surface area contributed by atoms with Gasteiger partial charge in [0.15, 0.2) is 0 Å². The molecule has 0 amide bonds. The van der Waals surface area contributed by atoms with Gasteiger partial charge < -0.3 is 10.2 Å². The van der Waals surface area contributed by atoms with Crippen molar-refractivity contribution in [2.24, 2.45) is 0 Å². The molecule has 2 N–H and O–H groups in total. The zero-order chi connectivity index (χ0) is 21.9. The number of benzene rings is 3. The predicted molar refractivity (Wildman–Crippen MR) is 122 cm³/mol. The summed E-state index contributed by atoms with van der Waals surface area (Å²) in [5.41, 5.74) is 6.00. The minimum absolute atomic E-state index is 0.106. The van der Waals surface area contributed by atoms with Crippen LogP contribution in [0.15, 0.2) is 72.8 Å². The van der Waals surface area contributed by atoms with Crippen molar-refractivity contribution in [3.8, 4) is 17.1 Å². The zero-order valence-corrected chi connectivity index (χ0v) is 17.8. The van der Waals surface area contributed by atoms with E-state index in [2.05, 4.69) is 76.1 Å². The first-order valence-corrected chi connectivity index (χ1v) is 11.1. The quantitative estimate of drug-likeness (QED) is 0.481. The van der Waals surface area contributed by atoms with Gasteiger partial charge in [0.25, 0.3) is 0 Å². The van der Waals surface area contributed by atoms with Crippen LogP contribution in [-0.4, -0.2) is 37.0 Å². The molecule has 5 rings (SSSR count). The van der Waals surface area contributed by atoms with E-state index in [1.54, 1.807) is 6.07 Å². The van der Waals surface area contributed by atoms with Crippen LogP contribution in [0.25, 0.3) is 11.4 Å². The maximum Gasteiger partial charge on any atom is 0.204 e. The second-order valence-electron chi connectivity index (χ2n) is 8.32. The highest BCUT2D eigenvalue weighted by atomic mass is 16.3. The van der Waals surface area contributed by atoms with Gasteiger partial charge in [0.2, 0.25) is 5.82 Å². The number of hydrogen-bond donors (Lipinski definition) is 2. The first kappa shape index (κ1) is 20.4. The smallest absolute Gasteiger partial charge is 0.204 e. The highest BCUT2D eigenvalue weighted by Gasteiger charge is 2.32. The first-order chi connectivity index (χ1) is 15.7. The van der Waals surface area contributed by atoms with Crippen molar-refractivity contribution in [1.82, 2.24) is 20.2 Å². The van der Waals surface area contributed by atoms with Crippen LogP contribution in [0, 0.1) is 0 Å². The van der Waals surface area contributed by atoms with Gasteiger partial charge in [0, 0.05) is 18.1 Å². The number of aromatic hydroxyl groups is 1. The second-order valence-corrected chi connectivity index (χ2v) is 8.32. The van der Waals surface area contributed by atoms with Crippen molar-refractivity contribution in [3.63, 3.8) is 0 Å². The lowest BCUT2D eigenvalue weighted by molar-refractivity contribution is 0.272. The number of aliphatic hydroxyl groups is 1. The third-order valence-electron chi connectivity index (χ3n) is 6.31. The Morgan fingerprint density at radius 2 is 1.75 bits per heavy atom. The number of aryl methyl sites for hydroxylation is 2. The number of rotatable bonds is 6. The summed E-state index contributed by atoms with van der Waals surface area (Å²) in [5.74, 6) is 1.50. The van der Waals surface area contributed by atoms with Crippen molar-refractivity contribution in [2.45, 2.75) is 37.6 Å². The van der Waals surface area contributed by atoms with Crippen LogP contribution in [0.4, 0.5) is 0 Å². The maximum absolute atomic E-state index is 10.0. The third kappa shape index (κ3) is 4.01. The molecular formula is C26H26N4O2. The van der Waals surface area contributed by atoms with Crippen molar-refractivity contribution in [2.75, 3.05) is 6.61 Å². The van der Waals surface area contributed by atoms with E-state index in [0.29, 0.717) is 30.5 Å². The summed E-state index contributed by atoms with van der Waals surface area (Å²) in [4.78, 5) is 1.52. The van der Waals surface area contributed by atoms with Gasteiger partial charge in [-0.05, 0) is 64.8 Å². The Balaban J connectivity index is 1.50. The van der Waals surface area contributed by atoms with Gasteiger partial charge in [0.1, 0.15) is 5.75 Å². The summed E-state index contributed by atoms with van der Waals surface area (Å²) in [7, 11) is 0. The summed E-state index contributed by atoms with van der Waals surface area (Å²) in [6.07, 6.45) is 2.60. The van der Waals surface area contributed by atoms with Gasteiger partial charge in [-0.2, -0.15) is 4.80 Å². The maximum atomic E-state index is 10.0. The molecule has 0 spiro atoms. The van der Waals surface area contributed by atoms with E-state index in [4.69, 9.17) is 5.11 Å². The van der Waals surface area contributed by atoms with Gasteiger partial charge in [-0.25, -0.2) is 0 Å². The lowest BCUT2D eigenvalue weighted by atomic mass is 9.69. The van der Waals surface area contributed by atoms with E-state index >= 15 is 0 Å². The number of tetrazole rings is 1. The molecular weight excluding hydrogens is 400 g/mol. The minimum atomic E-state index is 0.106. The number of nitrogens with zero attached hydrogens (tertiary/aromatic N) is 4. The number of phenols is 1. The standard InChI is InChI=1S/C26H26N4O2/c31-16-4-15-30-28-26(27-29-30)20-9-7-19(8-10-20)25-23(18-5-2-1-3-6-18)13-11-21-17-22(32)12-14-24(21)25/h1-3,5-10,12,14,17,23,25,31-32H,4,11,13,15-16H2/t23-,25?/m1/s1.